The molecule has 1 aliphatic carbocycles. The Morgan fingerprint density at radius 2 is 2.00 bits per heavy atom. The molecule has 1 atom stereocenters. The number of aryl methyl sites for hydroxylation is 1. The number of amides is 1. The Morgan fingerprint density at radius 3 is 2.50 bits per heavy atom. The first kappa shape index (κ1) is 17.5. The summed E-state index contributed by atoms with van der Waals surface area (Å²) in [7, 11) is 0. The van der Waals surface area contributed by atoms with Crippen molar-refractivity contribution in [2.45, 2.75) is 38.1 Å². The van der Waals surface area contributed by atoms with Gasteiger partial charge in [-0.05, 0) is 49.8 Å². The summed E-state index contributed by atoms with van der Waals surface area (Å²) in [6.45, 7) is 2.57. The van der Waals surface area contributed by atoms with Crippen molar-refractivity contribution in [3.8, 4) is 0 Å². The topological polar surface area (TPSA) is 55.1 Å². The summed E-state index contributed by atoms with van der Waals surface area (Å²) in [4.78, 5) is 12.0. The normalized spacial score (nSPS) is 16.9. The van der Waals surface area contributed by atoms with Gasteiger partial charge in [-0.15, -0.1) is 12.4 Å². The number of halogens is 2. The summed E-state index contributed by atoms with van der Waals surface area (Å²) >= 11 is 3.40. The van der Waals surface area contributed by atoms with Gasteiger partial charge >= 0.3 is 0 Å². The fourth-order valence-electron chi connectivity index (χ4n) is 2.33. The first-order valence-corrected chi connectivity index (χ1v) is 7.58. The van der Waals surface area contributed by atoms with Crippen molar-refractivity contribution in [2.75, 3.05) is 6.54 Å². The second kappa shape index (κ2) is 7.43. The van der Waals surface area contributed by atoms with Gasteiger partial charge in [0.15, 0.2) is 0 Å². The number of hydrogen-bond donors (Lipinski definition) is 2. The lowest BCUT2D eigenvalue weighted by atomic mass is 9.95. The summed E-state index contributed by atoms with van der Waals surface area (Å²) in [5.74, 6) is 0.664. The first-order valence-electron chi connectivity index (χ1n) is 6.79. The van der Waals surface area contributed by atoms with Crippen LogP contribution < -0.4 is 11.1 Å². The van der Waals surface area contributed by atoms with E-state index in [-0.39, 0.29) is 23.9 Å². The van der Waals surface area contributed by atoms with Crippen molar-refractivity contribution >= 4 is 34.2 Å². The minimum atomic E-state index is -0.212. The molecule has 3 nitrogen and oxygen atoms in total. The third-order valence-electron chi connectivity index (χ3n) is 3.88. The molecule has 0 saturated heterocycles. The average molecular weight is 362 g/mol. The van der Waals surface area contributed by atoms with Gasteiger partial charge in [-0.3, -0.25) is 4.79 Å². The highest BCUT2D eigenvalue weighted by molar-refractivity contribution is 9.10. The number of carbonyl (C=O) groups is 1. The molecule has 1 unspecified atom stereocenters. The number of carbonyl (C=O) groups excluding carboxylic acids is 1. The zero-order valence-electron chi connectivity index (χ0n) is 11.7. The van der Waals surface area contributed by atoms with Crippen LogP contribution >= 0.6 is 28.3 Å². The lowest BCUT2D eigenvalue weighted by Crippen LogP contribution is -2.53. The van der Waals surface area contributed by atoms with Gasteiger partial charge in [-0.25, -0.2) is 0 Å². The Morgan fingerprint density at radius 1 is 1.40 bits per heavy atom. The van der Waals surface area contributed by atoms with Crippen molar-refractivity contribution in [3.05, 3.63) is 34.3 Å². The van der Waals surface area contributed by atoms with Gasteiger partial charge in [-0.2, -0.15) is 0 Å². The monoisotopic (exact) mass is 360 g/mol. The molecule has 1 aliphatic rings. The maximum atomic E-state index is 12.0. The molecule has 0 aromatic heterocycles. The number of rotatable bonds is 6. The second-order valence-electron chi connectivity index (χ2n) is 5.57. The van der Waals surface area contributed by atoms with Gasteiger partial charge in [0.25, 0.3) is 0 Å². The SMILES string of the molecule is CC(CN)(NC(=O)CCc1ccc(Br)cc1)C1CC1.Cl. The standard InChI is InChI=1S/C15H21BrN2O.ClH/c1-15(10-17,12-5-6-12)18-14(19)9-4-11-2-7-13(16)8-3-11;/h2-3,7-8,12H,4-6,9-10,17H2,1H3,(H,18,19);1H. The molecular formula is C15H22BrClN2O. The molecule has 5 heteroatoms. The van der Waals surface area contributed by atoms with Crippen molar-refractivity contribution < 1.29 is 4.79 Å². The van der Waals surface area contributed by atoms with Gasteiger partial charge in [0.05, 0.1) is 5.54 Å². The van der Waals surface area contributed by atoms with Crippen LogP contribution in [-0.4, -0.2) is 18.0 Å². The summed E-state index contributed by atoms with van der Waals surface area (Å²) in [5, 5.41) is 3.11. The number of hydrogen-bond acceptors (Lipinski definition) is 2. The van der Waals surface area contributed by atoms with E-state index >= 15 is 0 Å². The summed E-state index contributed by atoms with van der Waals surface area (Å²) in [5.41, 5.74) is 6.77. The first-order chi connectivity index (χ1) is 9.03. The van der Waals surface area contributed by atoms with Crippen LogP contribution in [-0.2, 0) is 11.2 Å². The predicted molar refractivity (Wildman–Crippen MR) is 88.0 cm³/mol. The zero-order valence-corrected chi connectivity index (χ0v) is 14.1. The molecule has 0 aliphatic heterocycles. The van der Waals surface area contributed by atoms with Crippen LogP contribution in [0.1, 0.15) is 31.7 Å². The molecule has 0 bridgehead atoms. The largest absolute Gasteiger partial charge is 0.349 e. The number of benzene rings is 1. The predicted octanol–water partition coefficient (Wildman–Crippen LogP) is 3.05. The zero-order chi connectivity index (χ0) is 13.9. The van der Waals surface area contributed by atoms with E-state index in [4.69, 9.17) is 5.73 Å². The van der Waals surface area contributed by atoms with Crippen LogP contribution in [0.25, 0.3) is 0 Å². The Kier molecular flexibility index (Phi) is 6.49. The molecule has 112 valence electrons. The van der Waals surface area contributed by atoms with Crippen LogP contribution in [0.15, 0.2) is 28.7 Å². The molecule has 1 aromatic rings. The Balaban J connectivity index is 0.00000200. The lowest BCUT2D eigenvalue weighted by molar-refractivity contribution is -0.123. The fraction of sp³-hybridized carbons (Fsp3) is 0.533. The molecule has 0 radical (unpaired) electrons. The van der Waals surface area contributed by atoms with E-state index < -0.39 is 0 Å². The van der Waals surface area contributed by atoms with E-state index in [1.165, 1.54) is 18.4 Å². The smallest absolute Gasteiger partial charge is 0.220 e. The quantitative estimate of drug-likeness (QED) is 0.818. The van der Waals surface area contributed by atoms with E-state index in [2.05, 4.69) is 28.2 Å². The van der Waals surface area contributed by atoms with Crippen molar-refractivity contribution in [3.63, 3.8) is 0 Å². The molecular weight excluding hydrogens is 340 g/mol. The molecule has 1 amide bonds. The van der Waals surface area contributed by atoms with E-state index in [0.29, 0.717) is 18.9 Å². The third-order valence-corrected chi connectivity index (χ3v) is 4.41. The van der Waals surface area contributed by atoms with Gasteiger partial charge in [-0.1, -0.05) is 28.1 Å². The number of nitrogens with one attached hydrogen (secondary N) is 1. The van der Waals surface area contributed by atoms with Crippen molar-refractivity contribution in [1.29, 1.82) is 0 Å². The van der Waals surface area contributed by atoms with Crippen molar-refractivity contribution in [2.24, 2.45) is 11.7 Å². The minimum Gasteiger partial charge on any atom is -0.349 e. The summed E-state index contributed by atoms with van der Waals surface area (Å²) in [6.07, 6.45) is 3.65. The molecule has 20 heavy (non-hydrogen) atoms. The van der Waals surface area contributed by atoms with Gasteiger partial charge < -0.3 is 11.1 Å². The van der Waals surface area contributed by atoms with Crippen LogP contribution in [0, 0.1) is 5.92 Å². The third kappa shape index (κ3) is 4.76. The van der Waals surface area contributed by atoms with E-state index in [9.17, 15) is 4.79 Å². The van der Waals surface area contributed by atoms with E-state index in [1.807, 2.05) is 24.3 Å². The average Bonchev–Trinajstić information content (AvgIpc) is 3.22. The van der Waals surface area contributed by atoms with Crippen molar-refractivity contribution in [1.82, 2.24) is 5.32 Å². The highest BCUT2D eigenvalue weighted by atomic mass is 79.9. The van der Waals surface area contributed by atoms with Crippen LogP contribution in [0.3, 0.4) is 0 Å². The molecule has 2 rings (SSSR count). The molecule has 0 heterocycles. The molecule has 1 fully saturated rings. The maximum Gasteiger partial charge on any atom is 0.220 e. The van der Waals surface area contributed by atoms with Crippen LogP contribution in [0.2, 0.25) is 0 Å². The van der Waals surface area contributed by atoms with E-state index in [1.54, 1.807) is 0 Å². The fourth-order valence-corrected chi connectivity index (χ4v) is 2.59. The maximum absolute atomic E-state index is 12.0. The Hall–Kier alpha value is -0.580. The van der Waals surface area contributed by atoms with Crippen LogP contribution in [0.4, 0.5) is 0 Å². The Bertz CT molecular complexity index is 448. The van der Waals surface area contributed by atoms with E-state index in [0.717, 1.165) is 10.9 Å². The van der Waals surface area contributed by atoms with Gasteiger partial charge in [0.1, 0.15) is 0 Å². The molecule has 1 saturated carbocycles. The molecule has 1 aromatic carbocycles. The van der Waals surface area contributed by atoms with Gasteiger partial charge in [0.2, 0.25) is 5.91 Å². The minimum absolute atomic E-state index is 0. The highest BCUT2D eigenvalue weighted by Crippen LogP contribution is 2.38. The lowest BCUT2D eigenvalue weighted by Gasteiger charge is -2.29. The summed E-state index contributed by atoms with van der Waals surface area (Å²) < 4.78 is 1.06. The molecule has 0 spiro atoms. The van der Waals surface area contributed by atoms with Gasteiger partial charge in [0, 0.05) is 17.4 Å². The highest BCUT2D eigenvalue weighted by Gasteiger charge is 2.41. The summed E-state index contributed by atoms with van der Waals surface area (Å²) in [6, 6.07) is 8.09. The Labute approximate surface area is 135 Å². The number of nitrogens with two attached hydrogens (primary N) is 1. The molecule has 3 N–H and O–H groups in total. The van der Waals surface area contributed by atoms with Crippen LogP contribution in [0.5, 0.6) is 0 Å². The second-order valence-corrected chi connectivity index (χ2v) is 6.49.